The van der Waals surface area contributed by atoms with Gasteiger partial charge in [0.25, 0.3) is 0 Å². The zero-order valence-corrected chi connectivity index (χ0v) is 13.4. The molecule has 1 fully saturated rings. The predicted octanol–water partition coefficient (Wildman–Crippen LogP) is 2.65. The molecule has 2 atom stereocenters. The van der Waals surface area contributed by atoms with Crippen molar-refractivity contribution in [1.29, 1.82) is 0 Å². The summed E-state index contributed by atoms with van der Waals surface area (Å²) in [6, 6.07) is 20.1. The minimum absolute atomic E-state index is 0.0874. The maximum atomic E-state index is 12.5. The van der Waals surface area contributed by atoms with Crippen LogP contribution in [0.3, 0.4) is 0 Å². The first-order chi connectivity index (χ1) is 11.2. The zero-order chi connectivity index (χ0) is 16.1. The van der Waals surface area contributed by atoms with Crippen LogP contribution in [0.1, 0.15) is 17.5 Å². The quantitative estimate of drug-likeness (QED) is 0.923. The summed E-state index contributed by atoms with van der Waals surface area (Å²) in [7, 11) is 0. The van der Waals surface area contributed by atoms with E-state index < -0.39 is 6.04 Å². The first-order valence-corrected chi connectivity index (χ1v) is 8.34. The van der Waals surface area contributed by atoms with Crippen molar-refractivity contribution in [1.82, 2.24) is 4.90 Å². The average molecular weight is 308 g/mol. The zero-order valence-electron chi connectivity index (χ0n) is 13.4. The minimum Gasteiger partial charge on any atom is -0.341 e. The van der Waals surface area contributed by atoms with Crippen molar-refractivity contribution in [2.24, 2.45) is 11.7 Å². The number of nitrogens with two attached hydrogens (primary N) is 1. The molecule has 0 radical (unpaired) electrons. The Hall–Kier alpha value is -2.13. The monoisotopic (exact) mass is 308 g/mol. The molecule has 0 aliphatic carbocycles. The van der Waals surface area contributed by atoms with E-state index in [4.69, 9.17) is 5.73 Å². The van der Waals surface area contributed by atoms with Crippen molar-refractivity contribution >= 4 is 5.91 Å². The number of carbonyl (C=O) groups excluding carboxylic acids is 1. The lowest BCUT2D eigenvalue weighted by Gasteiger charge is -2.21. The van der Waals surface area contributed by atoms with Gasteiger partial charge in [0.05, 0.1) is 6.04 Å². The van der Waals surface area contributed by atoms with E-state index in [1.165, 1.54) is 5.56 Å². The maximum absolute atomic E-state index is 12.5. The van der Waals surface area contributed by atoms with Crippen molar-refractivity contribution in [3.05, 3.63) is 71.8 Å². The molecule has 1 unspecified atom stereocenters. The largest absolute Gasteiger partial charge is 0.341 e. The van der Waals surface area contributed by atoms with Gasteiger partial charge in [0, 0.05) is 13.1 Å². The number of benzene rings is 2. The van der Waals surface area contributed by atoms with Gasteiger partial charge in [0.15, 0.2) is 0 Å². The second-order valence-electron chi connectivity index (χ2n) is 6.42. The van der Waals surface area contributed by atoms with E-state index >= 15 is 0 Å². The van der Waals surface area contributed by atoms with E-state index in [0.29, 0.717) is 12.3 Å². The third kappa shape index (κ3) is 4.20. The second kappa shape index (κ2) is 7.42. The molecule has 23 heavy (non-hydrogen) atoms. The lowest BCUT2D eigenvalue weighted by atomic mass is 9.99. The smallest absolute Gasteiger partial charge is 0.239 e. The highest BCUT2D eigenvalue weighted by Crippen LogP contribution is 2.21. The SMILES string of the molecule is N[C@@H](Cc1ccccc1)C(=O)N1CCC(Cc2ccccc2)C1. The Labute approximate surface area is 138 Å². The number of nitrogens with zero attached hydrogens (tertiary/aromatic N) is 1. The Morgan fingerprint density at radius 3 is 2.30 bits per heavy atom. The molecule has 3 rings (SSSR count). The Bertz CT molecular complexity index is 627. The third-order valence-corrected chi connectivity index (χ3v) is 4.58. The van der Waals surface area contributed by atoms with Crippen LogP contribution in [0.4, 0.5) is 0 Å². The predicted molar refractivity (Wildman–Crippen MR) is 93.0 cm³/mol. The number of carbonyl (C=O) groups is 1. The Balaban J connectivity index is 1.52. The Kier molecular flexibility index (Phi) is 5.09. The van der Waals surface area contributed by atoms with Crippen LogP contribution in [-0.4, -0.2) is 29.9 Å². The molecule has 1 saturated heterocycles. The van der Waals surface area contributed by atoms with Gasteiger partial charge in [-0.2, -0.15) is 0 Å². The standard InChI is InChI=1S/C20H24N2O/c21-19(14-17-9-5-2-6-10-17)20(23)22-12-11-18(15-22)13-16-7-3-1-4-8-16/h1-10,18-19H,11-15,21H2/t18?,19-/m0/s1. The Morgan fingerprint density at radius 1 is 1.04 bits per heavy atom. The fourth-order valence-electron chi connectivity index (χ4n) is 3.34. The number of rotatable bonds is 5. The fraction of sp³-hybridized carbons (Fsp3) is 0.350. The summed E-state index contributed by atoms with van der Waals surface area (Å²) >= 11 is 0. The molecular weight excluding hydrogens is 284 g/mol. The van der Waals surface area contributed by atoms with Gasteiger partial charge in [-0.3, -0.25) is 4.79 Å². The van der Waals surface area contributed by atoms with Gasteiger partial charge in [-0.05, 0) is 36.3 Å². The van der Waals surface area contributed by atoms with E-state index in [0.717, 1.165) is 31.5 Å². The highest BCUT2D eigenvalue weighted by atomic mass is 16.2. The molecule has 2 aromatic carbocycles. The van der Waals surface area contributed by atoms with Crippen LogP contribution < -0.4 is 5.73 Å². The summed E-state index contributed by atoms with van der Waals surface area (Å²) in [4.78, 5) is 14.5. The van der Waals surface area contributed by atoms with Gasteiger partial charge in [0.2, 0.25) is 5.91 Å². The van der Waals surface area contributed by atoms with Gasteiger partial charge in [-0.25, -0.2) is 0 Å². The van der Waals surface area contributed by atoms with E-state index in [1.807, 2.05) is 41.3 Å². The molecule has 0 saturated carbocycles. The lowest BCUT2D eigenvalue weighted by Crippen LogP contribution is -2.44. The summed E-state index contributed by atoms with van der Waals surface area (Å²) < 4.78 is 0. The van der Waals surface area contributed by atoms with E-state index in [1.54, 1.807) is 0 Å². The number of hydrogen-bond acceptors (Lipinski definition) is 2. The van der Waals surface area contributed by atoms with Gasteiger partial charge in [-0.15, -0.1) is 0 Å². The van der Waals surface area contributed by atoms with Gasteiger partial charge >= 0.3 is 0 Å². The minimum atomic E-state index is -0.437. The van der Waals surface area contributed by atoms with E-state index in [9.17, 15) is 4.79 Å². The lowest BCUT2D eigenvalue weighted by molar-refractivity contribution is -0.131. The van der Waals surface area contributed by atoms with Crippen molar-refractivity contribution in [3.63, 3.8) is 0 Å². The summed E-state index contributed by atoms with van der Waals surface area (Å²) in [5.74, 6) is 0.634. The topological polar surface area (TPSA) is 46.3 Å². The molecule has 0 bridgehead atoms. The van der Waals surface area contributed by atoms with Gasteiger partial charge in [0.1, 0.15) is 0 Å². The average Bonchev–Trinajstić information content (AvgIpc) is 3.04. The Morgan fingerprint density at radius 2 is 1.65 bits per heavy atom. The van der Waals surface area contributed by atoms with Gasteiger partial charge in [-0.1, -0.05) is 60.7 Å². The molecule has 1 aliphatic heterocycles. The van der Waals surface area contributed by atoms with Crippen molar-refractivity contribution < 1.29 is 4.79 Å². The maximum Gasteiger partial charge on any atom is 0.239 e. The summed E-state index contributed by atoms with van der Waals surface area (Å²) in [6.45, 7) is 1.66. The highest BCUT2D eigenvalue weighted by molar-refractivity contribution is 5.82. The molecule has 3 heteroatoms. The number of likely N-dealkylation sites (tertiary alicyclic amines) is 1. The highest BCUT2D eigenvalue weighted by Gasteiger charge is 2.29. The van der Waals surface area contributed by atoms with Crippen LogP contribution in [-0.2, 0) is 17.6 Å². The molecule has 0 spiro atoms. The summed E-state index contributed by atoms with van der Waals surface area (Å²) in [6.07, 6.45) is 2.72. The van der Waals surface area contributed by atoms with Crippen molar-refractivity contribution in [2.75, 3.05) is 13.1 Å². The number of hydrogen-bond donors (Lipinski definition) is 1. The van der Waals surface area contributed by atoms with Gasteiger partial charge < -0.3 is 10.6 Å². The summed E-state index contributed by atoms with van der Waals surface area (Å²) in [5, 5.41) is 0. The van der Waals surface area contributed by atoms with Crippen molar-refractivity contribution in [3.8, 4) is 0 Å². The normalized spacial score (nSPS) is 18.8. The molecule has 1 amide bonds. The van der Waals surface area contributed by atoms with Crippen LogP contribution in [0.5, 0.6) is 0 Å². The van der Waals surface area contributed by atoms with Crippen LogP contribution >= 0.6 is 0 Å². The summed E-state index contributed by atoms with van der Waals surface area (Å²) in [5.41, 5.74) is 8.60. The molecule has 2 aromatic rings. The molecule has 0 aromatic heterocycles. The van der Waals surface area contributed by atoms with Crippen LogP contribution in [0.15, 0.2) is 60.7 Å². The first-order valence-electron chi connectivity index (χ1n) is 8.34. The third-order valence-electron chi connectivity index (χ3n) is 4.58. The molecule has 1 heterocycles. The van der Waals surface area contributed by atoms with E-state index in [2.05, 4.69) is 24.3 Å². The van der Waals surface area contributed by atoms with Crippen LogP contribution in [0.2, 0.25) is 0 Å². The molecule has 120 valence electrons. The molecule has 1 aliphatic rings. The molecule has 3 nitrogen and oxygen atoms in total. The molecular formula is C20H24N2O. The second-order valence-corrected chi connectivity index (χ2v) is 6.42. The van der Waals surface area contributed by atoms with E-state index in [-0.39, 0.29) is 5.91 Å². The molecule has 2 N–H and O–H groups in total. The fourth-order valence-corrected chi connectivity index (χ4v) is 3.34. The van der Waals surface area contributed by atoms with Crippen LogP contribution in [0.25, 0.3) is 0 Å². The first kappa shape index (κ1) is 15.8. The van der Waals surface area contributed by atoms with Crippen LogP contribution in [0, 0.1) is 5.92 Å². The van der Waals surface area contributed by atoms with Crippen molar-refractivity contribution in [2.45, 2.75) is 25.3 Å². The number of amides is 1.